The van der Waals surface area contributed by atoms with Crippen LogP contribution in [0.1, 0.15) is 11.4 Å². The normalized spacial score (nSPS) is 10.7. The molecule has 0 saturated carbocycles. The molecular formula is C16H15N3OS. The maximum Gasteiger partial charge on any atom is 0.257 e. The van der Waals surface area contributed by atoms with Gasteiger partial charge >= 0.3 is 0 Å². The maximum atomic E-state index is 5.67. The largest absolute Gasteiger partial charge is 0.399 e. The highest BCUT2D eigenvalue weighted by Gasteiger charge is 2.09. The van der Waals surface area contributed by atoms with Gasteiger partial charge in [-0.15, -0.1) is 11.8 Å². The molecule has 0 aliphatic heterocycles. The van der Waals surface area contributed by atoms with Crippen LogP contribution in [-0.4, -0.2) is 10.1 Å². The van der Waals surface area contributed by atoms with Crippen LogP contribution in [0.4, 0.5) is 5.69 Å². The van der Waals surface area contributed by atoms with Crippen molar-refractivity contribution in [2.75, 3.05) is 5.73 Å². The lowest BCUT2D eigenvalue weighted by Gasteiger charge is -2.01. The minimum atomic E-state index is 0.524. The van der Waals surface area contributed by atoms with Crippen LogP contribution in [0.5, 0.6) is 0 Å². The SMILES string of the molecule is Cc1ccccc1SCc1noc(-c2ccc(N)cc2)n1. The van der Waals surface area contributed by atoms with E-state index in [1.54, 1.807) is 11.8 Å². The van der Waals surface area contributed by atoms with Gasteiger partial charge in [-0.05, 0) is 42.8 Å². The number of aromatic nitrogens is 2. The maximum absolute atomic E-state index is 5.67. The van der Waals surface area contributed by atoms with E-state index in [1.807, 2.05) is 36.4 Å². The van der Waals surface area contributed by atoms with Gasteiger partial charge in [-0.3, -0.25) is 0 Å². The molecule has 1 aromatic heterocycles. The summed E-state index contributed by atoms with van der Waals surface area (Å²) in [5.74, 6) is 1.90. The van der Waals surface area contributed by atoms with Crippen LogP contribution < -0.4 is 5.73 Å². The Kier molecular flexibility index (Phi) is 3.92. The Labute approximate surface area is 127 Å². The lowest BCUT2D eigenvalue weighted by atomic mass is 10.2. The molecule has 3 rings (SSSR count). The highest BCUT2D eigenvalue weighted by atomic mass is 32.2. The molecule has 106 valence electrons. The Morgan fingerprint density at radius 1 is 1.10 bits per heavy atom. The van der Waals surface area contributed by atoms with E-state index >= 15 is 0 Å². The van der Waals surface area contributed by atoms with Crippen LogP contribution in [0, 0.1) is 6.92 Å². The zero-order chi connectivity index (χ0) is 14.7. The van der Waals surface area contributed by atoms with Crippen molar-refractivity contribution in [3.63, 3.8) is 0 Å². The standard InChI is InChI=1S/C16H15N3OS/c1-11-4-2-3-5-14(11)21-10-15-18-16(20-19-15)12-6-8-13(17)9-7-12/h2-9H,10,17H2,1H3. The number of nitrogens with zero attached hydrogens (tertiary/aromatic N) is 2. The Morgan fingerprint density at radius 2 is 1.86 bits per heavy atom. The molecule has 0 radical (unpaired) electrons. The van der Waals surface area contributed by atoms with E-state index in [2.05, 4.69) is 29.2 Å². The molecule has 1 heterocycles. The summed E-state index contributed by atoms with van der Waals surface area (Å²) in [6, 6.07) is 15.7. The quantitative estimate of drug-likeness (QED) is 0.584. The van der Waals surface area contributed by atoms with Crippen LogP contribution >= 0.6 is 11.8 Å². The molecule has 0 bridgehead atoms. The van der Waals surface area contributed by atoms with E-state index in [0.29, 0.717) is 23.2 Å². The average Bonchev–Trinajstić information content (AvgIpc) is 2.96. The highest BCUT2D eigenvalue weighted by molar-refractivity contribution is 7.98. The molecule has 3 aromatic rings. The summed E-state index contributed by atoms with van der Waals surface area (Å²) in [6.45, 7) is 2.10. The Balaban J connectivity index is 1.71. The molecule has 21 heavy (non-hydrogen) atoms. The van der Waals surface area contributed by atoms with Crippen molar-refractivity contribution in [3.8, 4) is 11.5 Å². The zero-order valence-corrected chi connectivity index (χ0v) is 12.4. The van der Waals surface area contributed by atoms with Crippen LogP contribution in [0.15, 0.2) is 57.9 Å². The van der Waals surface area contributed by atoms with Crippen molar-refractivity contribution in [2.45, 2.75) is 17.6 Å². The van der Waals surface area contributed by atoms with Gasteiger partial charge in [0.1, 0.15) is 0 Å². The molecule has 2 N–H and O–H groups in total. The van der Waals surface area contributed by atoms with E-state index in [0.717, 1.165) is 5.56 Å². The number of aryl methyl sites for hydroxylation is 1. The predicted molar refractivity (Wildman–Crippen MR) is 84.9 cm³/mol. The molecule has 5 heteroatoms. The van der Waals surface area contributed by atoms with E-state index < -0.39 is 0 Å². The molecule has 0 unspecified atom stereocenters. The summed E-state index contributed by atoms with van der Waals surface area (Å²) in [4.78, 5) is 5.65. The fourth-order valence-electron chi connectivity index (χ4n) is 1.92. The third-order valence-corrected chi connectivity index (χ3v) is 4.25. The van der Waals surface area contributed by atoms with Crippen LogP contribution in [0.2, 0.25) is 0 Å². The minimum absolute atomic E-state index is 0.524. The number of hydrogen-bond acceptors (Lipinski definition) is 5. The third-order valence-electron chi connectivity index (χ3n) is 3.08. The molecular weight excluding hydrogens is 282 g/mol. The summed E-state index contributed by atoms with van der Waals surface area (Å²) in [5, 5.41) is 4.02. The summed E-state index contributed by atoms with van der Waals surface area (Å²) < 4.78 is 5.29. The molecule has 4 nitrogen and oxygen atoms in total. The molecule has 2 aromatic carbocycles. The van der Waals surface area contributed by atoms with Gasteiger partial charge in [-0.2, -0.15) is 4.98 Å². The van der Waals surface area contributed by atoms with E-state index in [4.69, 9.17) is 10.3 Å². The number of anilines is 1. The topological polar surface area (TPSA) is 64.9 Å². The van der Waals surface area contributed by atoms with Gasteiger partial charge in [0.05, 0.1) is 5.75 Å². The van der Waals surface area contributed by atoms with Crippen molar-refractivity contribution < 1.29 is 4.52 Å². The van der Waals surface area contributed by atoms with Gasteiger partial charge in [0.15, 0.2) is 5.82 Å². The number of thioether (sulfide) groups is 1. The van der Waals surface area contributed by atoms with Crippen molar-refractivity contribution in [1.82, 2.24) is 10.1 Å². The average molecular weight is 297 g/mol. The number of hydrogen-bond donors (Lipinski definition) is 1. The van der Waals surface area contributed by atoms with E-state index in [9.17, 15) is 0 Å². The van der Waals surface area contributed by atoms with Gasteiger partial charge in [-0.1, -0.05) is 23.4 Å². The summed E-state index contributed by atoms with van der Waals surface area (Å²) in [7, 11) is 0. The molecule has 0 fully saturated rings. The van der Waals surface area contributed by atoms with Gasteiger partial charge < -0.3 is 10.3 Å². The van der Waals surface area contributed by atoms with Gasteiger partial charge in [0.25, 0.3) is 5.89 Å². The second-order valence-electron chi connectivity index (χ2n) is 4.69. The van der Waals surface area contributed by atoms with Gasteiger partial charge in [-0.25, -0.2) is 0 Å². The molecule has 0 aliphatic rings. The zero-order valence-electron chi connectivity index (χ0n) is 11.6. The monoisotopic (exact) mass is 297 g/mol. The van der Waals surface area contributed by atoms with E-state index in [-0.39, 0.29) is 0 Å². The summed E-state index contributed by atoms with van der Waals surface area (Å²) >= 11 is 1.71. The lowest BCUT2D eigenvalue weighted by molar-refractivity contribution is 0.425. The van der Waals surface area contributed by atoms with Gasteiger partial charge in [0, 0.05) is 16.1 Å². The van der Waals surface area contributed by atoms with Crippen molar-refractivity contribution in [2.24, 2.45) is 0 Å². The molecule has 0 aliphatic carbocycles. The first kappa shape index (κ1) is 13.7. The first-order valence-electron chi connectivity index (χ1n) is 6.59. The molecule has 0 amide bonds. The Morgan fingerprint density at radius 3 is 2.62 bits per heavy atom. The fraction of sp³-hybridized carbons (Fsp3) is 0.125. The third kappa shape index (κ3) is 3.25. The first-order valence-corrected chi connectivity index (χ1v) is 7.58. The Hall–Kier alpha value is -2.27. The highest BCUT2D eigenvalue weighted by Crippen LogP contribution is 2.26. The van der Waals surface area contributed by atoms with E-state index in [1.165, 1.54) is 10.5 Å². The molecule has 0 saturated heterocycles. The lowest BCUT2D eigenvalue weighted by Crippen LogP contribution is -1.86. The summed E-state index contributed by atoms with van der Waals surface area (Å²) in [5.41, 5.74) is 8.52. The number of nitrogen functional groups attached to an aromatic ring is 1. The first-order chi connectivity index (χ1) is 10.2. The predicted octanol–water partition coefficient (Wildman–Crippen LogP) is 3.92. The van der Waals surface area contributed by atoms with Crippen molar-refractivity contribution >= 4 is 17.4 Å². The van der Waals surface area contributed by atoms with Crippen LogP contribution in [0.25, 0.3) is 11.5 Å². The van der Waals surface area contributed by atoms with Crippen molar-refractivity contribution in [1.29, 1.82) is 0 Å². The second kappa shape index (κ2) is 6.01. The van der Waals surface area contributed by atoms with Crippen LogP contribution in [-0.2, 0) is 5.75 Å². The van der Waals surface area contributed by atoms with Crippen LogP contribution in [0.3, 0.4) is 0 Å². The molecule has 0 spiro atoms. The summed E-state index contributed by atoms with van der Waals surface area (Å²) in [6.07, 6.45) is 0. The molecule has 0 atom stereocenters. The minimum Gasteiger partial charge on any atom is -0.399 e. The number of nitrogens with two attached hydrogens (primary N) is 1. The smallest absolute Gasteiger partial charge is 0.257 e. The fourth-order valence-corrected chi connectivity index (χ4v) is 2.79. The van der Waals surface area contributed by atoms with Gasteiger partial charge in [0.2, 0.25) is 0 Å². The number of benzene rings is 2. The Bertz CT molecular complexity index is 737. The number of rotatable bonds is 4. The van der Waals surface area contributed by atoms with Crippen molar-refractivity contribution in [3.05, 3.63) is 59.9 Å². The second-order valence-corrected chi connectivity index (χ2v) is 5.71.